The van der Waals surface area contributed by atoms with E-state index in [1.165, 1.54) is 17.1 Å². The van der Waals surface area contributed by atoms with E-state index in [1.54, 1.807) is 12.3 Å². The first-order chi connectivity index (χ1) is 11.9. The van der Waals surface area contributed by atoms with Crippen molar-refractivity contribution in [1.29, 1.82) is 0 Å². The third kappa shape index (κ3) is 4.27. The Labute approximate surface area is 149 Å². The fraction of sp³-hybridized carbons (Fsp3) is 0.412. The minimum atomic E-state index is -2.67. The molecule has 1 aliphatic rings. The van der Waals surface area contributed by atoms with E-state index in [1.807, 2.05) is 6.92 Å². The molecule has 1 saturated carbocycles. The standard InChI is InChI=1S/C17H17ClF2N4O/c1-11(4-5-25)23-14-6-16(18)21-9-13(14)3-2-12-8-22-24(10-12)15-7-17(15,19)20/h6,8-11,15,25H,4-5,7H2,1H3,(H,21,23)/t11-,15?/m0/s1. The summed E-state index contributed by atoms with van der Waals surface area (Å²) in [5.74, 6) is 3.20. The van der Waals surface area contributed by atoms with Gasteiger partial charge < -0.3 is 10.4 Å². The molecule has 0 radical (unpaired) electrons. The van der Waals surface area contributed by atoms with Crippen LogP contribution < -0.4 is 5.32 Å². The Morgan fingerprint density at radius 1 is 1.48 bits per heavy atom. The molecule has 0 bridgehead atoms. The molecule has 3 rings (SSSR count). The maximum absolute atomic E-state index is 13.1. The lowest BCUT2D eigenvalue weighted by Crippen LogP contribution is -2.17. The molecule has 132 valence electrons. The number of nitrogens with one attached hydrogen (secondary N) is 1. The predicted octanol–water partition coefficient (Wildman–Crippen LogP) is 3.09. The van der Waals surface area contributed by atoms with Crippen LogP contribution in [0.4, 0.5) is 14.5 Å². The van der Waals surface area contributed by atoms with E-state index in [-0.39, 0.29) is 19.1 Å². The number of hydrogen-bond acceptors (Lipinski definition) is 4. The van der Waals surface area contributed by atoms with E-state index in [0.717, 1.165) is 0 Å². The minimum Gasteiger partial charge on any atom is -0.396 e. The fourth-order valence-electron chi connectivity index (χ4n) is 2.38. The highest BCUT2D eigenvalue weighted by Crippen LogP contribution is 2.52. The van der Waals surface area contributed by atoms with Crippen molar-refractivity contribution in [3.63, 3.8) is 0 Å². The summed E-state index contributed by atoms with van der Waals surface area (Å²) in [6.45, 7) is 2.00. The van der Waals surface area contributed by atoms with Crippen molar-refractivity contribution in [2.45, 2.75) is 37.8 Å². The van der Waals surface area contributed by atoms with Crippen LogP contribution in [0.2, 0.25) is 5.15 Å². The van der Waals surface area contributed by atoms with Gasteiger partial charge in [-0.05, 0) is 19.4 Å². The fourth-order valence-corrected chi connectivity index (χ4v) is 2.54. The Hall–Kier alpha value is -2.17. The van der Waals surface area contributed by atoms with Gasteiger partial charge in [0.15, 0.2) is 0 Å². The molecular weight excluding hydrogens is 350 g/mol. The number of anilines is 1. The molecule has 2 aromatic rings. The second-order valence-corrected chi connectivity index (χ2v) is 6.44. The molecule has 0 amide bonds. The van der Waals surface area contributed by atoms with Gasteiger partial charge in [-0.2, -0.15) is 5.10 Å². The van der Waals surface area contributed by atoms with Gasteiger partial charge in [0, 0.05) is 31.5 Å². The topological polar surface area (TPSA) is 63.0 Å². The number of aliphatic hydroxyl groups excluding tert-OH is 1. The quantitative estimate of drug-likeness (QED) is 0.630. The summed E-state index contributed by atoms with van der Waals surface area (Å²) in [7, 11) is 0. The predicted molar refractivity (Wildman–Crippen MR) is 90.8 cm³/mol. The molecule has 0 saturated heterocycles. The summed E-state index contributed by atoms with van der Waals surface area (Å²) in [6, 6.07) is 0.828. The van der Waals surface area contributed by atoms with Crippen molar-refractivity contribution < 1.29 is 13.9 Å². The van der Waals surface area contributed by atoms with Gasteiger partial charge in [0.05, 0.1) is 23.0 Å². The van der Waals surface area contributed by atoms with E-state index in [4.69, 9.17) is 16.7 Å². The molecule has 1 aliphatic carbocycles. The van der Waals surface area contributed by atoms with E-state index in [9.17, 15) is 8.78 Å². The molecule has 2 heterocycles. The van der Waals surface area contributed by atoms with Gasteiger partial charge in [0.1, 0.15) is 11.2 Å². The van der Waals surface area contributed by atoms with Gasteiger partial charge in [-0.3, -0.25) is 4.68 Å². The van der Waals surface area contributed by atoms with Gasteiger partial charge in [-0.25, -0.2) is 13.8 Å². The van der Waals surface area contributed by atoms with Crippen molar-refractivity contribution >= 4 is 17.3 Å². The Morgan fingerprint density at radius 3 is 2.92 bits per heavy atom. The zero-order chi connectivity index (χ0) is 18.0. The van der Waals surface area contributed by atoms with E-state index >= 15 is 0 Å². The summed E-state index contributed by atoms with van der Waals surface area (Å²) in [5.41, 5.74) is 1.88. The lowest BCUT2D eigenvalue weighted by atomic mass is 10.2. The first kappa shape index (κ1) is 17.6. The van der Waals surface area contributed by atoms with E-state index in [0.29, 0.717) is 28.4 Å². The van der Waals surface area contributed by atoms with Crippen molar-refractivity contribution in [2.75, 3.05) is 11.9 Å². The van der Waals surface area contributed by atoms with Crippen LogP contribution >= 0.6 is 11.6 Å². The van der Waals surface area contributed by atoms with Crippen LogP contribution in [0.15, 0.2) is 24.7 Å². The van der Waals surface area contributed by atoms with Gasteiger partial charge >= 0.3 is 0 Å². The molecule has 25 heavy (non-hydrogen) atoms. The number of alkyl halides is 2. The number of hydrogen-bond donors (Lipinski definition) is 2. The largest absolute Gasteiger partial charge is 0.396 e. The molecule has 0 aliphatic heterocycles. The Bertz CT molecular complexity index is 828. The van der Waals surface area contributed by atoms with Gasteiger partial charge in [0.2, 0.25) is 0 Å². The molecule has 2 aromatic heterocycles. The number of rotatable bonds is 5. The second-order valence-electron chi connectivity index (χ2n) is 6.05. The summed E-state index contributed by atoms with van der Waals surface area (Å²) in [5, 5.41) is 16.5. The van der Waals surface area contributed by atoms with Crippen LogP contribution in [0, 0.1) is 11.8 Å². The SMILES string of the molecule is C[C@@H](CCO)Nc1cc(Cl)ncc1C#Cc1cnn(C2CC2(F)F)c1. The number of aromatic nitrogens is 3. The zero-order valence-corrected chi connectivity index (χ0v) is 14.3. The van der Waals surface area contributed by atoms with Crippen molar-refractivity contribution in [2.24, 2.45) is 0 Å². The average molecular weight is 367 g/mol. The van der Waals surface area contributed by atoms with Crippen LogP contribution in [0.3, 0.4) is 0 Å². The summed E-state index contributed by atoms with van der Waals surface area (Å²) >= 11 is 5.93. The highest BCUT2D eigenvalue weighted by molar-refractivity contribution is 6.29. The Balaban J connectivity index is 1.78. The van der Waals surface area contributed by atoms with E-state index < -0.39 is 12.0 Å². The molecule has 2 N–H and O–H groups in total. The first-order valence-corrected chi connectivity index (χ1v) is 8.24. The first-order valence-electron chi connectivity index (χ1n) is 7.86. The second kappa shape index (κ2) is 6.98. The van der Waals surface area contributed by atoms with Crippen LogP contribution in [-0.2, 0) is 0 Å². The maximum atomic E-state index is 13.1. The number of halogens is 3. The molecule has 1 fully saturated rings. The van der Waals surface area contributed by atoms with Crippen molar-refractivity contribution in [1.82, 2.24) is 14.8 Å². The molecule has 0 aromatic carbocycles. The molecule has 2 atom stereocenters. The van der Waals surface area contributed by atoms with Crippen molar-refractivity contribution in [3.05, 3.63) is 40.9 Å². The zero-order valence-electron chi connectivity index (χ0n) is 13.5. The molecule has 5 nitrogen and oxygen atoms in total. The monoisotopic (exact) mass is 366 g/mol. The normalized spacial score (nSPS) is 19.0. The number of pyridine rings is 1. The Morgan fingerprint density at radius 2 is 2.24 bits per heavy atom. The Kier molecular flexibility index (Phi) is 4.93. The lowest BCUT2D eigenvalue weighted by molar-refractivity contribution is 0.0983. The maximum Gasteiger partial charge on any atom is 0.272 e. The van der Waals surface area contributed by atoms with Crippen molar-refractivity contribution in [3.8, 4) is 11.8 Å². The van der Waals surface area contributed by atoms with Crippen LogP contribution in [-0.4, -0.2) is 38.4 Å². The smallest absolute Gasteiger partial charge is 0.272 e. The molecular formula is C17H17ClF2N4O. The number of nitrogens with zero attached hydrogens (tertiary/aromatic N) is 3. The van der Waals surface area contributed by atoms with Gasteiger partial charge in [0.25, 0.3) is 5.92 Å². The van der Waals surface area contributed by atoms with Crippen LogP contribution in [0.1, 0.15) is 36.9 Å². The highest BCUT2D eigenvalue weighted by atomic mass is 35.5. The van der Waals surface area contributed by atoms with E-state index in [2.05, 4.69) is 27.2 Å². The average Bonchev–Trinajstić information content (AvgIpc) is 2.96. The molecule has 0 spiro atoms. The van der Waals surface area contributed by atoms with Crippen LogP contribution in [0.5, 0.6) is 0 Å². The van der Waals surface area contributed by atoms with Crippen LogP contribution in [0.25, 0.3) is 0 Å². The molecule has 8 heteroatoms. The summed E-state index contributed by atoms with van der Waals surface area (Å²) in [4.78, 5) is 4.02. The summed E-state index contributed by atoms with van der Waals surface area (Å²) in [6.07, 6.45) is 4.92. The third-order valence-corrected chi connectivity index (χ3v) is 4.10. The summed E-state index contributed by atoms with van der Waals surface area (Å²) < 4.78 is 27.4. The lowest BCUT2D eigenvalue weighted by Gasteiger charge is -2.15. The minimum absolute atomic E-state index is 0.0314. The third-order valence-electron chi connectivity index (χ3n) is 3.89. The van der Waals surface area contributed by atoms with Gasteiger partial charge in [-0.15, -0.1) is 0 Å². The number of aliphatic hydroxyl groups is 1. The molecule has 1 unspecified atom stereocenters. The highest BCUT2D eigenvalue weighted by Gasteiger charge is 2.59. The van der Waals surface area contributed by atoms with Gasteiger partial charge in [-0.1, -0.05) is 23.4 Å².